The monoisotopic (exact) mass is 587 g/mol. The summed E-state index contributed by atoms with van der Waals surface area (Å²) >= 11 is 1.61. The van der Waals surface area contributed by atoms with Crippen LogP contribution in [0, 0.1) is 5.92 Å². The van der Waals surface area contributed by atoms with Gasteiger partial charge in [-0.2, -0.15) is 11.8 Å². The van der Waals surface area contributed by atoms with E-state index in [4.69, 9.17) is 10.5 Å². The summed E-state index contributed by atoms with van der Waals surface area (Å²) in [6.07, 6.45) is 3.14. The molecule has 42 heavy (non-hydrogen) atoms. The highest BCUT2D eigenvalue weighted by Gasteiger charge is 2.32. The molecule has 4 N–H and O–H groups in total. The quantitative estimate of drug-likeness (QED) is 0.236. The standard InChI is InChI=1S/C34H41N3O4S/c1-22(2)19-30(36-32(38)29(35)17-18-42-3)33(39)37-31(20-23-11-5-4-6-12-23)34(40)41-21-28-26-15-9-7-13-24(26)25-14-8-10-16-27(25)28/h4-16,22,28-31H,17-21,35H2,1-3H3,(H,36,38)(H,37,39). The van der Waals surface area contributed by atoms with Gasteiger partial charge in [-0.1, -0.05) is 92.7 Å². The molecule has 222 valence electrons. The number of esters is 1. The van der Waals surface area contributed by atoms with E-state index in [1.54, 1.807) is 11.8 Å². The average molecular weight is 588 g/mol. The van der Waals surface area contributed by atoms with Crippen molar-refractivity contribution in [3.05, 3.63) is 95.6 Å². The summed E-state index contributed by atoms with van der Waals surface area (Å²) in [7, 11) is 0. The summed E-state index contributed by atoms with van der Waals surface area (Å²) in [5.74, 6) is -0.526. The Balaban J connectivity index is 1.50. The minimum Gasteiger partial charge on any atom is -0.463 e. The molecule has 0 fully saturated rings. The largest absolute Gasteiger partial charge is 0.463 e. The SMILES string of the molecule is CSCCC(N)C(=O)NC(CC(C)C)C(=O)NC(Cc1ccccc1)C(=O)OCC1c2ccccc2-c2ccccc21. The zero-order valence-corrected chi connectivity index (χ0v) is 25.4. The summed E-state index contributed by atoms with van der Waals surface area (Å²) < 4.78 is 5.94. The highest BCUT2D eigenvalue weighted by molar-refractivity contribution is 7.98. The Hall–Kier alpha value is -3.62. The number of amides is 2. The van der Waals surface area contributed by atoms with Crippen LogP contribution in [0.5, 0.6) is 0 Å². The van der Waals surface area contributed by atoms with Crippen LogP contribution < -0.4 is 16.4 Å². The van der Waals surface area contributed by atoms with Crippen LogP contribution in [0.3, 0.4) is 0 Å². The van der Waals surface area contributed by atoms with Crippen molar-refractivity contribution in [2.45, 2.75) is 57.2 Å². The number of nitrogens with one attached hydrogen (secondary N) is 2. The molecule has 0 aliphatic heterocycles. The van der Waals surface area contributed by atoms with Crippen molar-refractivity contribution < 1.29 is 19.1 Å². The lowest BCUT2D eigenvalue weighted by atomic mass is 9.98. The summed E-state index contributed by atoms with van der Waals surface area (Å²) in [5, 5.41) is 5.73. The van der Waals surface area contributed by atoms with Crippen LogP contribution >= 0.6 is 11.8 Å². The minimum atomic E-state index is -0.927. The Labute approximate surface area is 253 Å². The highest BCUT2D eigenvalue weighted by atomic mass is 32.2. The number of hydrogen-bond acceptors (Lipinski definition) is 6. The molecule has 3 unspecified atom stereocenters. The molecule has 0 bridgehead atoms. The average Bonchev–Trinajstić information content (AvgIpc) is 3.31. The van der Waals surface area contributed by atoms with E-state index in [0.717, 1.165) is 33.6 Å². The Morgan fingerprint density at radius 2 is 1.40 bits per heavy atom. The molecule has 8 heteroatoms. The van der Waals surface area contributed by atoms with Crippen molar-refractivity contribution >= 4 is 29.5 Å². The third kappa shape index (κ3) is 8.01. The number of ether oxygens (including phenoxy) is 1. The van der Waals surface area contributed by atoms with E-state index < -0.39 is 30.0 Å². The first-order valence-corrected chi connectivity index (χ1v) is 15.9. The first-order chi connectivity index (χ1) is 20.3. The van der Waals surface area contributed by atoms with Crippen LogP contribution in [-0.4, -0.2) is 54.5 Å². The van der Waals surface area contributed by atoms with E-state index in [1.807, 2.05) is 74.7 Å². The van der Waals surface area contributed by atoms with Crippen LogP contribution in [0.2, 0.25) is 0 Å². The first kappa shape index (κ1) is 31.3. The van der Waals surface area contributed by atoms with E-state index in [0.29, 0.717) is 12.8 Å². The van der Waals surface area contributed by atoms with Gasteiger partial charge < -0.3 is 21.1 Å². The fourth-order valence-electron chi connectivity index (χ4n) is 5.38. The Morgan fingerprint density at radius 1 is 0.833 bits per heavy atom. The Bertz CT molecular complexity index is 1320. The van der Waals surface area contributed by atoms with Crippen molar-refractivity contribution in [3.8, 4) is 11.1 Å². The fraction of sp³-hybridized carbons (Fsp3) is 0.382. The normalized spacial score (nSPS) is 14.4. The molecule has 1 aliphatic carbocycles. The van der Waals surface area contributed by atoms with Gasteiger partial charge in [0.2, 0.25) is 11.8 Å². The fourth-order valence-corrected chi connectivity index (χ4v) is 5.87. The van der Waals surface area contributed by atoms with Gasteiger partial charge in [0, 0.05) is 12.3 Å². The van der Waals surface area contributed by atoms with Gasteiger partial charge in [-0.05, 0) is 58.6 Å². The van der Waals surface area contributed by atoms with Crippen LogP contribution in [0.15, 0.2) is 78.9 Å². The van der Waals surface area contributed by atoms with Gasteiger partial charge in [0.05, 0.1) is 6.04 Å². The number of hydrogen-bond donors (Lipinski definition) is 3. The topological polar surface area (TPSA) is 111 Å². The lowest BCUT2D eigenvalue weighted by Gasteiger charge is -2.25. The van der Waals surface area contributed by atoms with Crippen LogP contribution in [0.4, 0.5) is 0 Å². The van der Waals surface area contributed by atoms with Gasteiger partial charge >= 0.3 is 5.97 Å². The maximum absolute atomic E-state index is 13.6. The van der Waals surface area contributed by atoms with Crippen LogP contribution in [0.25, 0.3) is 11.1 Å². The number of carbonyl (C=O) groups excluding carboxylic acids is 3. The molecular weight excluding hydrogens is 546 g/mol. The molecule has 3 aromatic rings. The van der Waals surface area contributed by atoms with E-state index >= 15 is 0 Å². The number of rotatable bonds is 14. The van der Waals surface area contributed by atoms with Gasteiger partial charge in [-0.15, -0.1) is 0 Å². The number of nitrogens with two attached hydrogens (primary N) is 1. The summed E-state index contributed by atoms with van der Waals surface area (Å²) in [6.45, 7) is 4.12. The number of benzene rings is 3. The van der Waals surface area contributed by atoms with E-state index in [1.165, 1.54) is 0 Å². The molecule has 7 nitrogen and oxygen atoms in total. The van der Waals surface area contributed by atoms with E-state index in [2.05, 4.69) is 34.9 Å². The lowest BCUT2D eigenvalue weighted by Crippen LogP contribution is -2.55. The van der Waals surface area contributed by atoms with Crippen molar-refractivity contribution in [3.63, 3.8) is 0 Å². The number of carbonyl (C=O) groups is 3. The molecule has 2 amide bonds. The summed E-state index contributed by atoms with van der Waals surface area (Å²) in [4.78, 5) is 40.0. The zero-order chi connectivity index (χ0) is 30.1. The van der Waals surface area contributed by atoms with Crippen molar-refractivity contribution in [1.29, 1.82) is 0 Å². The second-order valence-electron chi connectivity index (χ2n) is 11.2. The summed E-state index contributed by atoms with van der Waals surface area (Å²) in [6, 6.07) is 23.4. The Kier molecular flexibility index (Phi) is 11.2. The third-order valence-electron chi connectivity index (χ3n) is 7.55. The van der Waals surface area contributed by atoms with Crippen LogP contribution in [0.1, 0.15) is 49.3 Å². The molecule has 3 aromatic carbocycles. The molecule has 4 rings (SSSR count). The Morgan fingerprint density at radius 3 is 2.00 bits per heavy atom. The zero-order valence-electron chi connectivity index (χ0n) is 24.5. The maximum Gasteiger partial charge on any atom is 0.329 e. The molecule has 0 radical (unpaired) electrons. The summed E-state index contributed by atoms with van der Waals surface area (Å²) in [5.41, 5.74) is 11.5. The van der Waals surface area contributed by atoms with Gasteiger partial charge in [0.15, 0.2) is 0 Å². The minimum absolute atomic E-state index is 0.0924. The second-order valence-corrected chi connectivity index (χ2v) is 12.2. The molecule has 0 aromatic heterocycles. The van der Waals surface area contributed by atoms with Crippen molar-refractivity contribution in [2.24, 2.45) is 11.7 Å². The highest BCUT2D eigenvalue weighted by Crippen LogP contribution is 2.44. The van der Waals surface area contributed by atoms with E-state index in [9.17, 15) is 14.4 Å². The number of fused-ring (bicyclic) bond motifs is 3. The third-order valence-corrected chi connectivity index (χ3v) is 8.19. The lowest BCUT2D eigenvalue weighted by molar-refractivity contribution is -0.148. The maximum atomic E-state index is 13.6. The predicted octanol–water partition coefficient (Wildman–Crippen LogP) is 4.68. The molecule has 0 spiro atoms. The molecule has 0 saturated heterocycles. The number of thioether (sulfide) groups is 1. The van der Waals surface area contributed by atoms with E-state index in [-0.39, 0.29) is 30.8 Å². The molecule has 0 saturated carbocycles. The predicted molar refractivity (Wildman–Crippen MR) is 169 cm³/mol. The smallest absolute Gasteiger partial charge is 0.329 e. The van der Waals surface area contributed by atoms with Crippen molar-refractivity contribution in [1.82, 2.24) is 10.6 Å². The van der Waals surface area contributed by atoms with Crippen LogP contribution in [-0.2, 0) is 25.5 Å². The van der Waals surface area contributed by atoms with Gasteiger partial charge in [0.25, 0.3) is 0 Å². The molecule has 1 aliphatic rings. The van der Waals surface area contributed by atoms with Gasteiger partial charge in [-0.3, -0.25) is 9.59 Å². The second kappa shape index (κ2) is 15.0. The molecular formula is C34H41N3O4S. The molecule has 0 heterocycles. The first-order valence-electron chi connectivity index (χ1n) is 14.5. The van der Waals surface area contributed by atoms with Gasteiger partial charge in [0.1, 0.15) is 18.7 Å². The molecule has 3 atom stereocenters. The van der Waals surface area contributed by atoms with Gasteiger partial charge in [-0.25, -0.2) is 4.79 Å². The van der Waals surface area contributed by atoms with Crippen molar-refractivity contribution in [2.75, 3.05) is 18.6 Å².